The molecule has 0 aromatic heterocycles. The second kappa shape index (κ2) is 6.30. The lowest BCUT2D eigenvalue weighted by Crippen LogP contribution is -2.34. The standard InChI is InChI=1S/C14H18N2O3/c1-17-12-4-3-5-13(18-2)14(12)19-9-11(8-15)16-10-6-7-10/h3-5,10-11,16H,6-7,9H2,1-2H3. The van der Waals surface area contributed by atoms with Gasteiger partial charge in [0.25, 0.3) is 0 Å². The van der Waals surface area contributed by atoms with Crippen molar-refractivity contribution in [2.24, 2.45) is 0 Å². The van der Waals surface area contributed by atoms with E-state index in [0.717, 1.165) is 12.8 Å². The Balaban J connectivity index is 2.02. The van der Waals surface area contributed by atoms with Crippen molar-refractivity contribution in [1.29, 1.82) is 5.26 Å². The molecule has 1 saturated carbocycles. The second-order valence-corrected chi connectivity index (χ2v) is 4.43. The summed E-state index contributed by atoms with van der Waals surface area (Å²) in [4.78, 5) is 0. The molecule has 19 heavy (non-hydrogen) atoms. The van der Waals surface area contributed by atoms with Crippen molar-refractivity contribution in [3.05, 3.63) is 18.2 Å². The monoisotopic (exact) mass is 262 g/mol. The Hall–Kier alpha value is -1.93. The number of nitrogens with zero attached hydrogens (tertiary/aromatic N) is 1. The van der Waals surface area contributed by atoms with E-state index in [9.17, 15) is 0 Å². The molecule has 102 valence electrons. The highest BCUT2D eigenvalue weighted by Gasteiger charge is 2.25. The zero-order chi connectivity index (χ0) is 13.7. The van der Waals surface area contributed by atoms with Crippen molar-refractivity contribution in [3.63, 3.8) is 0 Å². The highest BCUT2D eigenvalue weighted by atomic mass is 16.5. The van der Waals surface area contributed by atoms with Crippen molar-refractivity contribution in [3.8, 4) is 23.3 Å². The Labute approximate surface area is 113 Å². The van der Waals surface area contributed by atoms with Crippen molar-refractivity contribution >= 4 is 0 Å². The maximum Gasteiger partial charge on any atom is 0.203 e. The van der Waals surface area contributed by atoms with Crippen LogP contribution in [0.15, 0.2) is 18.2 Å². The summed E-state index contributed by atoms with van der Waals surface area (Å²) >= 11 is 0. The molecule has 1 N–H and O–H groups in total. The van der Waals surface area contributed by atoms with E-state index in [1.165, 1.54) is 0 Å². The van der Waals surface area contributed by atoms with Crippen LogP contribution < -0.4 is 19.5 Å². The van der Waals surface area contributed by atoms with Gasteiger partial charge < -0.3 is 14.2 Å². The summed E-state index contributed by atoms with van der Waals surface area (Å²) in [6.07, 6.45) is 2.27. The van der Waals surface area contributed by atoms with Gasteiger partial charge in [-0.15, -0.1) is 0 Å². The molecule has 2 rings (SSSR count). The van der Waals surface area contributed by atoms with E-state index in [-0.39, 0.29) is 12.6 Å². The highest BCUT2D eigenvalue weighted by molar-refractivity contribution is 5.51. The molecule has 1 aromatic rings. The molecular weight excluding hydrogens is 244 g/mol. The molecular formula is C14H18N2O3. The average molecular weight is 262 g/mol. The molecule has 0 amide bonds. The number of ether oxygens (including phenoxy) is 3. The first-order chi connectivity index (χ1) is 9.28. The van der Waals surface area contributed by atoms with Gasteiger partial charge in [0.05, 0.1) is 20.3 Å². The largest absolute Gasteiger partial charge is 0.493 e. The zero-order valence-corrected chi connectivity index (χ0v) is 11.2. The summed E-state index contributed by atoms with van der Waals surface area (Å²) in [6.45, 7) is 0.268. The molecule has 0 spiro atoms. The fourth-order valence-electron chi connectivity index (χ4n) is 1.78. The number of rotatable bonds is 7. The third-order valence-corrected chi connectivity index (χ3v) is 2.95. The fraction of sp³-hybridized carbons (Fsp3) is 0.500. The SMILES string of the molecule is COc1cccc(OC)c1OCC(C#N)NC1CC1. The number of benzene rings is 1. The molecule has 1 aliphatic rings. The smallest absolute Gasteiger partial charge is 0.203 e. The molecule has 0 heterocycles. The van der Waals surface area contributed by atoms with Crippen LogP contribution in [-0.4, -0.2) is 32.9 Å². The summed E-state index contributed by atoms with van der Waals surface area (Å²) in [7, 11) is 3.15. The molecule has 1 fully saturated rings. The first-order valence-electron chi connectivity index (χ1n) is 6.28. The lowest BCUT2D eigenvalue weighted by Gasteiger charge is -2.16. The summed E-state index contributed by atoms with van der Waals surface area (Å²) in [6, 6.07) is 7.78. The summed E-state index contributed by atoms with van der Waals surface area (Å²) in [5.74, 6) is 1.73. The molecule has 0 radical (unpaired) electrons. The van der Waals surface area contributed by atoms with Crippen molar-refractivity contribution in [1.82, 2.24) is 5.32 Å². The van der Waals surface area contributed by atoms with Gasteiger partial charge >= 0.3 is 0 Å². The molecule has 1 aromatic carbocycles. The van der Waals surface area contributed by atoms with Gasteiger partial charge in [-0.05, 0) is 25.0 Å². The first kappa shape index (κ1) is 13.5. The van der Waals surface area contributed by atoms with E-state index in [4.69, 9.17) is 19.5 Å². The van der Waals surface area contributed by atoms with E-state index in [2.05, 4.69) is 11.4 Å². The number of nitrogens with one attached hydrogen (secondary N) is 1. The Morgan fingerprint density at radius 3 is 2.42 bits per heavy atom. The van der Waals surface area contributed by atoms with Gasteiger partial charge in [0.15, 0.2) is 11.5 Å². The Bertz CT molecular complexity index is 444. The van der Waals surface area contributed by atoms with Crippen LogP contribution in [0.3, 0.4) is 0 Å². The number of para-hydroxylation sites is 1. The third-order valence-electron chi connectivity index (χ3n) is 2.95. The van der Waals surface area contributed by atoms with Gasteiger partial charge in [0.1, 0.15) is 12.6 Å². The maximum absolute atomic E-state index is 9.08. The van der Waals surface area contributed by atoms with Gasteiger partial charge in [0.2, 0.25) is 5.75 Å². The lowest BCUT2D eigenvalue weighted by atomic mass is 10.3. The molecule has 1 unspecified atom stereocenters. The minimum absolute atomic E-state index is 0.268. The Kier molecular flexibility index (Phi) is 4.48. The molecule has 1 atom stereocenters. The lowest BCUT2D eigenvalue weighted by molar-refractivity contribution is 0.256. The minimum atomic E-state index is -0.317. The summed E-state index contributed by atoms with van der Waals surface area (Å²) < 4.78 is 16.2. The Morgan fingerprint density at radius 1 is 1.32 bits per heavy atom. The van der Waals surface area contributed by atoms with E-state index in [1.807, 2.05) is 6.07 Å². The molecule has 0 saturated heterocycles. The maximum atomic E-state index is 9.08. The zero-order valence-electron chi connectivity index (χ0n) is 11.2. The van der Waals surface area contributed by atoms with Crippen molar-refractivity contribution < 1.29 is 14.2 Å². The number of methoxy groups -OCH3 is 2. The minimum Gasteiger partial charge on any atom is -0.493 e. The quantitative estimate of drug-likeness (QED) is 0.810. The Morgan fingerprint density at radius 2 is 1.95 bits per heavy atom. The topological polar surface area (TPSA) is 63.5 Å². The van der Waals surface area contributed by atoms with Gasteiger partial charge in [0, 0.05) is 6.04 Å². The van der Waals surface area contributed by atoms with Gasteiger partial charge in [-0.1, -0.05) is 6.07 Å². The van der Waals surface area contributed by atoms with E-state index >= 15 is 0 Å². The van der Waals surface area contributed by atoms with Crippen molar-refractivity contribution in [2.45, 2.75) is 24.9 Å². The third kappa shape index (κ3) is 3.52. The molecule has 1 aliphatic carbocycles. The van der Waals surface area contributed by atoms with E-state index < -0.39 is 0 Å². The van der Waals surface area contributed by atoms with Crippen molar-refractivity contribution in [2.75, 3.05) is 20.8 Å². The van der Waals surface area contributed by atoms with Crippen LogP contribution >= 0.6 is 0 Å². The second-order valence-electron chi connectivity index (χ2n) is 4.43. The number of hydrogen-bond acceptors (Lipinski definition) is 5. The van der Waals surface area contributed by atoms with Crippen LogP contribution in [0.4, 0.5) is 0 Å². The first-order valence-corrected chi connectivity index (χ1v) is 6.28. The predicted molar refractivity (Wildman–Crippen MR) is 70.6 cm³/mol. The van der Waals surface area contributed by atoms with Crippen LogP contribution in [0.5, 0.6) is 17.2 Å². The summed E-state index contributed by atoms with van der Waals surface area (Å²) in [5.41, 5.74) is 0. The summed E-state index contributed by atoms with van der Waals surface area (Å²) in [5, 5.41) is 12.3. The molecule has 5 heteroatoms. The molecule has 0 aliphatic heterocycles. The normalized spacial score (nSPS) is 15.4. The number of hydrogen-bond donors (Lipinski definition) is 1. The van der Waals surface area contributed by atoms with E-state index in [1.54, 1.807) is 26.4 Å². The van der Waals surface area contributed by atoms with Crippen LogP contribution in [-0.2, 0) is 0 Å². The fourth-order valence-corrected chi connectivity index (χ4v) is 1.78. The average Bonchev–Trinajstić information content (AvgIpc) is 3.26. The predicted octanol–water partition coefficient (Wildman–Crippen LogP) is 1.73. The van der Waals surface area contributed by atoms with Gasteiger partial charge in [-0.2, -0.15) is 5.26 Å². The van der Waals surface area contributed by atoms with E-state index in [0.29, 0.717) is 23.3 Å². The van der Waals surface area contributed by atoms with Gasteiger partial charge in [-0.3, -0.25) is 5.32 Å². The number of nitriles is 1. The van der Waals surface area contributed by atoms with Gasteiger partial charge in [-0.25, -0.2) is 0 Å². The molecule has 5 nitrogen and oxygen atoms in total. The van der Waals surface area contributed by atoms with Crippen LogP contribution in [0.2, 0.25) is 0 Å². The van der Waals surface area contributed by atoms with Crippen LogP contribution in [0.25, 0.3) is 0 Å². The molecule has 0 bridgehead atoms. The van der Waals surface area contributed by atoms with Crippen LogP contribution in [0.1, 0.15) is 12.8 Å². The van der Waals surface area contributed by atoms with Crippen LogP contribution in [0, 0.1) is 11.3 Å². The highest BCUT2D eigenvalue weighted by Crippen LogP contribution is 2.36.